The van der Waals surface area contributed by atoms with E-state index in [0.29, 0.717) is 16.3 Å². The van der Waals surface area contributed by atoms with Crippen molar-refractivity contribution in [3.8, 4) is 5.75 Å². The standard InChI is InChI=1S/C28H22Cl2N2O5S/c1-32(27-23-10-4-5-12-26(23)38(34,35)31-27)16-20(37-28(33)22-14-13-19(29)15-24(22)30)17-36-25-11-6-8-18-7-2-3-9-21(18)25/h2-15,20H,16-17H2,1H3/t20-/m1/s1. The van der Waals surface area contributed by atoms with Gasteiger partial charge < -0.3 is 14.4 Å². The summed E-state index contributed by atoms with van der Waals surface area (Å²) in [5.74, 6) is 0.228. The lowest BCUT2D eigenvalue weighted by atomic mass is 10.1. The predicted molar refractivity (Wildman–Crippen MR) is 148 cm³/mol. The van der Waals surface area contributed by atoms with Crippen LogP contribution in [0.25, 0.3) is 10.8 Å². The SMILES string of the molecule is CN(C[C@H](COc1cccc2ccccc12)OC(=O)c1ccc(Cl)cc1Cl)C1=NS(=O)(=O)c2ccccc21. The summed E-state index contributed by atoms with van der Waals surface area (Å²) in [6.45, 7) is 0.0986. The minimum absolute atomic E-state index is 0.00300. The number of esters is 1. The van der Waals surface area contributed by atoms with Gasteiger partial charge in [0.1, 0.15) is 17.3 Å². The fourth-order valence-corrected chi connectivity index (χ4v) is 5.99. The highest BCUT2D eigenvalue weighted by Gasteiger charge is 2.32. The Balaban J connectivity index is 1.41. The molecule has 0 bridgehead atoms. The molecule has 1 aliphatic rings. The Morgan fingerprint density at radius 2 is 1.71 bits per heavy atom. The number of amidine groups is 1. The van der Waals surface area contributed by atoms with Gasteiger partial charge in [-0.2, -0.15) is 8.42 Å². The van der Waals surface area contributed by atoms with Crippen molar-refractivity contribution in [2.24, 2.45) is 4.40 Å². The molecule has 0 unspecified atom stereocenters. The van der Waals surface area contributed by atoms with Gasteiger partial charge in [0.2, 0.25) is 0 Å². The van der Waals surface area contributed by atoms with Gasteiger partial charge in [0.25, 0.3) is 10.0 Å². The lowest BCUT2D eigenvalue weighted by Gasteiger charge is -2.26. The fourth-order valence-electron chi connectivity index (χ4n) is 4.25. The summed E-state index contributed by atoms with van der Waals surface area (Å²) in [4.78, 5) is 14.8. The second-order valence-corrected chi connectivity index (χ2v) is 11.1. The Kier molecular flexibility index (Phi) is 7.29. The van der Waals surface area contributed by atoms with Crippen molar-refractivity contribution in [3.05, 3.63) is 106 Å². The van der Waals surface area contributed by atoms with Crippen LogP contribution in [0.5, 0.6) is 5.75 Å². The van der Waals surface area contributed by atoms with Crippen LogP contribution in [0.3, 0.4) is 0 Å². The van der Waals surface area contributed by atoms with Crippen molar-refractivity contribution in [1.82, 2.24) is 4.90 Å². The minimum Gasteiger partial charge on any atom is -0.489 e. The highest BCUT2D eigenvalue weighted by molar-refractivity contribution is 7.90. The molecule has 5 rings (SSSR count). The van der Waals surface area contributed by atoms with Crippen LogP contribution in [0, 0.1) is 0 Å². The molecule has 38 heavy (non-hydrogen) atoms. The molecule has 0 saturated carbocycles. The number of ether oxygens (including phenoxy) is 2. The molecule has 1 atom stereocenters. The summed E-state index contributed by atoms with van der Waals surface area (Å²) in [6.07, 6.45) is -0.809. The number of halogens is 2. The zero-order chi connectivity index (χ0) is 26.9. The number of hydrogen-bond donors (Lipinski definition) is 0. The smallest absolute Gasteiger partial charge is 0.340 e. The Bertz CT molecular complexity index is 1670. The molecule has 0 spiro atoms. The van der Waals surface area contributed by atoms with Gasteiger partial charge in [-0.1, -0.05) is 71.7 Å². The van der Waals surface area contributed by atoms with Crippen LogP contribution in [-0.2, 0) is 14.8 Å². The molecular weight excluding hydrogens is 547 g/mol. The largest absolute Gasteiger partial charge is 0.489 e. The molecule has 10 heteroatoms. The molecule has 0 fully saturated rings. The summed E-state index contributed by atoms with van der Waals surface area (Å²) in [5, 5.41) is 2.46. The number of carbonyl (C=O) groups excluding carboxylic acids is 1. The predicted octanol–water partition coefficient (Wildman–Crippen LogP) is 5.83. The summed E-state index contributed by atoms with van der Waals surface area (Å²) in [5.41, 5.74) is 0.635. The third-order valence-electron chi connectivity index (χ3n) is 6.05. The van der Waals surface area contributed by atoms with Crippen LogP contribution >= 0.6 is 23.2 Å². The quantitative estimate of drug-likeness (QED) is 0.261. The van der Waals surface area contributed by atoms with E-state index in [0.717, 1.165) is 10.8 Å². The first kappa shape index (κ1) is 26.0. The van der Waals surface area contributed by atoms with Crippen LogP contribution in [0.1, 0.15) is 15.9 Å². The maximum atomic E-state index is 13.1. The number of hydrogen-bond acceptors (Lipinski definition) is 6. The lowest BCUT2D eigenvalue weighted by Crippen LogP contribution is -2.39. The Morgan fingerprint density at radius 3 is 2.53 bits per heavy atom. The Labute approximate surface area is 230 Å². The Morgan fingerprint density at radius 1 is 0.974 bits per heavy atom. The molecule has 0 amide bonds. The average molecular weight is 569 g/mol. The second kappa shape index (κ2) is 10.6. The Hall–Kier alpha value is -3.59. The normalized spacial score (nSPS) is 14.4. The molecule has 0 radical (unpaired) electrons. The maximum Gasteiger partial charge on any atom is 0.340 e. The summed E-state index contributed by atoms with van der Waals surface area (Å²) < 4.78 is 41.0. The summed E-state index contributed by atoms with van der Waals surface area (Å²) >= 11 is 12.2. The van der Waals surface area contributed by atoms with Gasteiger partial charge in [-0.15, -0.1) is 4.40 Å². The number of carbonyl (C=O) groups is 1. The number of benzene rings is 4. The number of nitrogens with zero attached hydrogens (tertiary/aromatic N) is 2. The van der Waals surface area contributed by atoms with E-state index in [1.165, 1.54) is 18.2 Å². The average Bonchev–Trinajstić information content (AvgIpc) is 3.18. The molecule has 4 aromatic rings. The first-order chi connectivity index (χ1) is 18.2. The molecule has 194 valence electrons. The second-order valence-electron chi connectivity index (χ2n) is 8.71. The number of sulfonamides is 1. The monoisotopic (exact) mass is 568 g/mol. The van der Waals surface area contributed by atoms with Gasteiger partial charge in [-0.05, 0) is 41.8 Å². The highest BCUT2D eigenvalue weighted by Crippen LogP contribution is 2.29. The first-order valence-corrected chi connectivity index (χ1v) is 13.8. The van der Waals surface area contributed by atoms with Crippen LogP contribution in [0.15, 0.2) is 94.2 Å². The van der Waals surface area contributed by atoms with Crippen molar-refractivity contribution in [2.75, 3.05) is 20.2 Å². The van der Waals surface area contributed by atoms with E-state index < -0.39 is 22.1 Å². The zero-order valence-corrected chi connectivity index (χ0v) is 22.5. The van der Waals surface area contributed by atoms with Crippen molar-refractivity contribution in [3.63, 3.8) is 0 Å². The minimum atomic E-state index is -3.81. The van der Waals surface area contributed by atoms with Crippen molar-refractivity contribution >= 4 is 55.8 Å². The maximum absolute atomic E-state index is 13.1. The fraction of sp³-hybridized carbons (Fsp3) is 0.143. The first-order valence-electron chi connectivity index (χ1n) is 11.6. The molecule has 0 aromatic heterocycles. The third kappa shape index (κ3) is 5.34. The van der Waals surface area contributed by atoms with Crippen LogP contribution in [0.2, 0.25) is 10.0 Å². The van der Waals surface area contributed by atoms with Gasteiger partial charge in [0, 0.05) is 23.0 Å². The van der Waals surface area contributed by atoms with Crippen LogP contribution < -0.4 is 4.74 Å². The molecule has 1 aliphatic heterocycles. The van der Waals surface area contributed by atoms with Gasteiger partial charge in [-0.3, -0.25) is 0 Å². The number of rotatable bonds is 7. The van der Waals surface area contributed by atoms with E-state index in [-0.39, 0.29) is 34.5 Å². The molecule has 7 nitrogen and oxygen atoms in total. The van der Waals surface area contributed by atoms with Gasteiger partial charge in [-0.25, -0.2) is 4.79 Å². The molecule has 0 aliphatic carbocycles. The molecule has 1 heterocycles. The van der Waals surface area contributed by atoms with E-state index in [1.807, 2.05) is 42.5 Å². The lowest BCUT2D eigenvalue weighted by molar-refractivity contribution is 0.0132. The van der Waals surface area contributed by atoms with Gasteiger partial charge >= 0.3 is 5.97 Å². The topological polar surface area (TPSA) is 85.3 Å². The molecule has 4 aromatic carbocycles. The number of fused-ring (bicyclic) bond motifs is 2. The van der Waals surface area contributed by atoms with E-state index >= 15 is 0 Å². The van der Waals surface area contributed by atoms with Crippen molar-refractivity contribution in [2.45, 2.75) is 11.0 Å². The summed E-state index contributed by atoms with van der Waals surface area (Å²) in [6, 6.07) is 24.6. The third-order valence-corrected chi connectivity index (χ3v) is 7.92. The molecule has 0 N–H and O–H groups in total. The highest BCUT2D eigenvalue weighted by atomic mass is 35.5. The van der Waals surface area contributed by atoms with Crippen molar-refractivity contribution in [1.29, 1.82) is 0 Å². The van der Waals surface area contributed by atoms with E-state index in [2.05, 4.69) is 4.40 Å². The van der Waals surface area contributed by atoms with E-state index in [4.69, 9.17) is 32.7 Å². The van der Waals surface area contributed by atoms with Gasteiger partial charge in [0.15, 0.2) is 11.9 Å². The van der Waals surface area contributed by atoms with Crippen LogP contribution in [-0.4, -0.2) is 51.4 Å². The van der Waals surface area contributed by atoms with E-state index in [1.54, 1.807) is 36.2 Å². The number of likely N-dealkylation sites (N-methyl/N-ethyl adjacent to an activating group) is 1. The van der Waals surface area contributed by atoms with Crippen LogP contribution in [0.4, 0.5) is 0 Å². The van der Waals surface area contributed by atoms with Gasteiger partial charge in [0.05, 0.1) is 17.1 Å². The van der Waals surface area contributed by atoms with Crippen molar-refractivity contribution < 1.29 is 22.7 Å². The summed E-state index contributed by atoms with van der Waals surface area (Å²) in [7, 11) is -2.13. The molecular formula is C28H22Cl2N2O5S. The molecule has 0 saturated heterocycles. The zero-order valence-electron chi connectivity index (χ0n) is 20.2. The van der Waals surface area contributed by atoms with E-state index in [9.17, 15) is 13.2 Å².